The second kappa shape index (κ2) is 6.07. The summed E-state index contributed by atoms with van der Waals surface area (Å²) in [7, 11) is 0. The highest BCUT2D eigenvalue weighted by Gasteiger charge is 2.44. The van der Waals surface area contributed by atoms with E-state index >= 15 is 0 Å². The van der Waals surface area contributed by atoms with Crippen molar-refractivity contribution in [1.82, 2.24) is 5.16 Å². The summed E-state index contributed by atoms with van der Waals surface area (Å²) in [5.41, 5.74) is 1.06. The van der Waals surface area contributed by atoms with E-state index in [0.29, 0.717) is 27.6 Å². The molecule has 3 heterocycles. The van der Waals surface area contributed by atoms with Crippen molar-refractivity contribution in [2.45, 2.75) is 13.0 Å². The van der Waals surface area contributed by atoms with E-state index in [2.05, 4.69) is 5.16 Å². The number of aryl methyl sites for hydroxylation is 1. The van der Waals surface area contributed by atoms with Crippen LogP contribution in [-0.4, -0.2) is 11.1 Å². The predicted octanol–water partition coefficient (Wildman–Crippen LogP) is 4.49. The highest BCUT2D eigenvalue weighted by molar-refractivity contribution is 6.31. The maximum Gasteiger partial charge on any atom is 0.296 e. The number of carbonyl (C=O) groups is 1. The van der Waals surface area contributed by atoms with Gasteiger partial charge in [-0.3, -0.25) is 14.5 Å². The number of aromatic nitrogens is 1. The molecule has 7 heteroatoms. The number of halogens is 1. The maximum absolute atomic E-state index is 13.3. The van der Waals surface area contributed by atoms with Crippen molar-refractivity contribution in [2.75, 3.05) is 4.90 Å². The van der Waals surface area contributed by atoms with Crippen LogP contribution in [0.5, 0.6) is 0 Å². The first-order chi connectivity index (χ1) is 13.5. The molecule has 2 aromatic carbocycles. The number of nitrogens with zero attached hydrogens (tertiary/aromatic N) is 2. The van der Waals surface area contributed by atoms with E-state index in [1.54, 1.807) is 31.2 Å². The molecule has 0 fully saturated rings. The molecule has 1 aliphatic rings. The first-order valence-electron chi connectivity index (χ1n) is 8.62. The lowest BCUT2D eigenvalue weighted by Gasteiger charge is -2.22. The van der Waals surface area contributed by atoms with E-state index in [4.69, 9.17) is 20.5 Å². The summed E-state index contributed by atoms with van der Waals surface area (Å²) in [6.45, 7) is 1.74. The minimum atomic E-state index is -0.673. The fourth-order valence-electron chi connectivity index (χ4n) is 3.60. The van der Waals surface area contributed by atoms with Crippen LogP contribution in [0.1, 0.15) is 33.5 Å². The summed E-state index contributed by atoms with van der Waals surface area (Å²) < 4.78 is 11.0. The molecule has 6 nitrogen and oxygen atoms in total. The number of hydrogen-bond acceptors (Lipinski definition) is 5. The smallest absolute Gasteiger partial charge is 0.296 e. The molecule has 5 rings (SSSR count). The Balaban J connectivity index is 1.84. The van der Waals surface area contributed by atoms with Gasteiger partial charge in [0.2, 0.25) is 5.76 Å². The molecule has 4 aromatic rings. The monoisotopic (exact) mass is 392 g/mol. The second-order valence-corrected chi connectivity index (χ2v) is 7.04. The fraction of sp³-hybridized carbons (Fsp3) is 0.0952. The molecule has 0 radical (unpaired) electrons. The molecule has 2 aromatic heterocycles. The van der Waals surface area contributed by atoms with Gasteiger partial charge in [0, 0.05) is 11.1 Å². The molecule has 0 spiro atoms. The zero-order valence-electron chi connectivity index (χ0n) is 14.7. The molecular weight excluding hydrogens is 380 g/mol. The van der Waals surface area contributed by atoms with Gasteiger partial charge in [0.1, 0.15) is 11.3 Å². The van der Waals surface area contributed by atoms with Crippen LogP contribution in [0.4, 0.5) is 5.82 Å². The van der Waals surface area contributed by atoms with Gasteiger partial charge < -0.3 is 8.94 Å². The normalized spacial score (nSPS) is 16.0. The zero-order valence-corrected chi connectivity index (χ0v) is 15.4. The first kappa shape index (κ1) is 16.8. The van der Waals surface area contributed by atoms with Gasteiger partial charge in [-0.25, -0.2) is 0 Å². The number of benzene rings is 2. The van der Waals surface area contributed by atoms with E-state index in [1.165, 1.54) is 4.90 Å². The lowest BCUT2D eigenvalue weighted by molar-refractivity contribution is 0.0969. The molecule has 0 aliphatic carbocycles. The number of anilines is 1. The van der Waals surface area contributed by atoms with Crippen molar-refractivity contribution < 1.29 is 13.7 Å². The standard InChI is InChI=1S/C21H13ClN2O4/c1-11-9-16(23-28-11)24-18(12-5-3-2-4-6-12)17-19(25)14-10-13(22)7-8-15(14)27-20(17)21(24)26/h2-10,18H,1H3/t18-/m0/s1. The van der Waals surface area contributed by atoms with Gasteiger partial charge in [0.25, 0.3) is 5.91 Å². The molecule has 28 heavy (non-hydrogen) atoms. The number of carbonyl (C=O) groups excluding carboxylic acids is 1. The molecule has 0 unspecified atom stereocenters. The molecule has 0 saturated carbocycles. The largest absolute Gasteiger partial charge is 0.450 e. The molecule has 0 bridgehead atoms. The van der Waals surface area contributed by atoms with Gasteiger partial charge >= 0.3 is 0 Å². The second-order valence-electron chi connectivity index (χ2n) is 6.60. The van der Waals surface area contributed by atoms with E-state index < -0.39 is 11.9 Å². The Bertz CT molecular complexity index is 1290. The molecule has 1 amide bonds. The number of hydrogen-bond donors (Lipinski definition) is 0. The van der Waals surface area contributed by atoms with Crippen LogP contribution in [0.2, 0.25) is 5.02 Å². The van der Waals surface area contributed by atoms with E-state index in [-0.39, 0.29) is 16.8 Å². The van der Waals surface area contributed by atoms with Crippen molar-refractivity contribution in [3.8, 4) is 0 Å². The van der Waals surface area contributed by atoms with Gasteiger partial charge in [-0.1, -0.05) is 47.1 Å². The van der Waals surface area contributed by atoms with Crippen molar-refractivity contribution in [1.29, 1.82) is 0 Å². The van der Waals surface area contributed by atoms with Gasteiger partial charge in [0.15, 0.2) is 11.2 Å². The van der Waals surface area contributed by atoms with Crippen molar-refractivity contribution in [2.24, 2.45) is 0 Å². The topological polar surface area (TPSA) is 76.6 Å². The van der Waals surface area contributed by atoms with Crippen molar-refractivity contribution in [3.63, 3.8) is 0 Å². The van der Waals surface area contributed by atoms with Crippen LogP contribution in [0.15, 0.2) is 68.3 Å². The lowest BCUT2D eigenvalue weighted by Crippen LogP contribution is -2.29. The molecule has 0 N–H and O–H groups in total. The van der Waals surface area contributed by atoms with Crippen molar-refractivity contribution >= 4 is 34.3 Å². The Morgan fingerprint density at radius 1 is 1.07 bits per heavy atom. The van der Waals surface area contributed by atoms with Crippen LogP contribution in [-0.2, 0) is 0 Å². The number of amides is 1. The summed E-state index contributed by atoms with van der Waals surface area (Å²) in [6.07, 6.45) is 0. The summed E-state index contributed by atoms with van der Waals surface area (Å²) in [5.74, 6) is 0.450. The van der Waals surface area contributed by atoms with Crippen LogP contribution < -0.4 is 10.3 Å². The zero-order chi connectivity index (χ0) is 19.4. The molecular formula is C21H13ClN2O4. The highest BCUT2D eigenvalue weighted by Crippen LogP contribution is 2.40. The van der Waals surface area contributed by atoms with Crippen LogP contribution in [0, 0.1) is 6.92 Å². The summed E-state index contributed by atoms with van der Waals surface area (Å²) >= 11 is 6.07. The quantitative estimate of drug-likeness (QED) is 0.502. The molecule has 0 saturated heterocycles. The minimum Gasteiger partial charge on any atom is -0.450 e. The van der Waals surface area contributed by atoms with E-state index in [0.717, 1.165) is 5.56 Å². The lowest BCUT2D eigenvalue weighted by atomic mass is 9.98. The van der Waals surface area contributed by atoms with Gasteiger partial charge in [-0.05, 0) is 30.7 Å². The summed E-state index contributed by atoms with van der Waals surface area (Å²) in [5, 5.41) is 4.74. The average molecular weight is 393 g/mol. The third-order valence-corrected chi connectivity index (χ3v) is 5.04. The van der Waals surface area contributed by atoms with Crippen LogP contribution in [0.3, 0.4) is 0 Å². The van der Waals surface area contributed by atoms with Crippen LogP contribution in [0.25, 0.3) is 11.0 Å². The average Bonchev–Trinajstić information content (AvgIpc) is 3.24. The number of fused-ring (bicyclic) bond motifs is 2. The maximum atomic E-state index is 13.3. The minimum absolute atomic E-state index is 0.00864. The summed E-state index contributed by atoms with van der Waals surface area (Å²) in [6, 6.07) is 15.0. The van der Waals surface area contributed by atoms with E-state index in [1.807, 2.05) is 30.3 Å². The summed E-state index contributed by atoms with van der Waals surface area (Å²) in [4.78, 5) is 28.0. The Kier molecular flexibility index (Phi) is 3.64. The third-order valence-electron chi connectivity index (χ3n) is 4.81. The van der Waals surface area contributed by atoms with Crippen molar-refractivity contribution in [3.05, 3.63) is 92.5 Å². The van der Waals surface area contributed by atoms with Crippen LogP contribution >= 0.6 is 11.6 Å². The van der Waals surface area contributed by atoms with E-state index in [9.17, 15) is 9.59 Å². The Labute approximate surface area is 163 Å². The SMILES string of the molecule is Cc1cc(N2C(=O)c3oc4ccc(Cl)cc4c(=O)c3[C@@H]2c2ccccc2)no1. The number of rotatable bonds is 2. The first-order valence-corrected chi connectivity index (χ1v) is 9.00. The fourth-order valence-corrected chi connectivity index (χ4v) is 3.77. The van der Waals surface area contributed by atoms with Gasteiger partial charge in [0.05, 0.1) is 17.0 Å². The predicted molar refractivity (Wildman–Crippen MR) is 104 cm³/mol. The van der Waals surface area contributed by atoms with Gasteiger partial charge in [-0.2, -0.15) is 0 Å². The molecule has 1 aliphatic heterocycles. The molecule has 1 atom stereocenters. The highest BCUT2D eigenvalue weighted by atomic mass is 35.5. The molecule has 138 valence electrons. The Morgan fingerprint density at radius 2 is 1.86 bits per heavy atom. The Hall–Kier alpha value is -3.38. The van der Waals surface area contributed by atoms with Gasteiger partial charge in [-0.15, -0.1) is 0 Å². The Morgan fingerprint density at radius 3 is 2.57 bits per heavy atom. The third kappa shape index (κ3) is 2.38.